The van der Waals surface area contributed by atoms with Gasteiger partial charge in [-0.2, -0.15) is 4.98 Å². The van der Waals surface area contributed by atoms with Crippen molar-refractivity contribution in [3.05, 3.63) is 11.7 Å². The summed E-state index contributed by atoms with van der Waals surface area (Å²) in [7, 11) is 4.01. The van der Waals surface area contributed by atoms with Crippen molar-refractivity contribution in [1.82, 2.24) is 20.4 Å². The van der Waals surface area contributed by atoms with Gasteiger partial charge in [0.05, 0.1) is 6.54 Å². The van der Waals surface area contributed by atoms with Crippen molar-refractivity contribution in [1.29, 1.82) is 0 Å². The molecule has 0 radical (unpaired) electrons. The second-order valence-electron chi connectivity index (χ2n) is 5.07. The van der Waals surface area contributed by atoms with Gasteiger partial charge in [0, 0.05) is 6.42 Å². The molecule has 0 bridgehead atoms. The average Bonchev–Trinajstić information content (AvgIpc) is 2.75. The van der Waals surface area contributed by atoms with Crippen LogP contribution in [0.25, 0.3) is 0 Å². The second-order valence-corrected chi connectivity index (χ2v) is 5.07. The van der Waals surface area contributed by atoms with E-state index in [-0.39, 0.29) is 0 Å². The zero-order valence-corrected chi connectivity index (χ0v) is 10.8. The van der Waals surface area contributed by atoms with E-state index in [0.29, 0.717) is 0 Å². The van der Waals surface area contributed by atoms with Gasteiger partial charge in [-0.3, -0.25) is 0 Å². The Morgan fingerprint density at radius 3 is 2.82 bits per heavy atom. The third kappa shape index (κ3) is 4.09. The molecule has 2 rings (SSSR count). The maximum absolute atomic E-state index is 5.25. The molecule has 0 saturated carbocycles. The molecule has 96 valence electrons. The van der Waals surface area contributed by atoms with E-state index < -0.39 is 0 Å². The molecular formula is C12H22N4O. The van der Waals surface area contributed by atoms with Crippen molar-refractivity contribution < 1.29 is 4.52 Å². The maximum atomic E-state index is 5.25. The summed E-state index contributed by atoms with van der Waals surface area (Å²) in [4.78, 5) is 6.44. The van der Waals surface area contributed by atoms with Crippen LogP contribution in [-0.4, -0.2) is 42.2 Å². The Labute approximate surface area is 103 Å². The smallest absolute Gasteiger partial charge is 0.226 e. The molecule has 1 fully saturated rings. The standard InChI is InChI=1S/C12H22N4O/c1-16(2)9-11-14-12(17-15-11)4-3-10-5-7-13-8-6-10/h10,13H,3-9H2,1-2H3. The fraction of sp³-hybridized carbons (Fsp3) is 0.833. The summed E-state index contributed by atoms with van der Waals surface area (Å²) in [5.74, 6) is 2.40. The molecular weight excluding hydrogens is 216 g/mol. The molecule has 1 aromatic rings. The molecule has 1 aromatic heterocycles. The van der Waals surface area contributed by atoms with Gasteiger partial charge < -0.3 is 14.7 Å². The molecule has 1 aliphatic rings. The summed E-state index contributed by atoms with van der Waals surface area (Å²) >= 11 is 0. The van der Waals surface area contributed by atoms with Crippen molar-refractivity contribution in [2.75, 3.05) is 27.2 Å². The minimum Gasteiger partial charge on any atom is -0.339 e. The number of piperidine rings is 1. The Hall–Kier alpha value is -0.940. The van der Waals surface area contributed by atoms with Crippen LogP contribution in [0.4, 0.5) is 0 Å². The molecule has 5 heteroatoms. The van der Waals surface area contributed by atoms with E-state index in [1.165, 1.54) is 19.3 Å². The Kier molecular flexibility index (Phi) is 4.50. The predicted octanol–water partition coefficient (Wildman–Crippen LogP) is 1.06. The van der Waals surface area contributed by atoms with E-state index in [1.807, 2.05) is 19.0 Å². The Morgan fingerprint density at radius 2 is 2.12 bits per heavy atom. The number of aryl methyl sites for hydroxylation is 1. The third-order valence-corrected chi connectivity index (χ3v) is 3.19. The average molecular weight is 238 g/mol. The lowest BCUT2D eigenvalue weighted by atomic mass is 9.93. The summed E-state index contributed by atoms with van der Waals surface area (Å²) in [6, 6.07) is 0. The minimum absolute atomic E-state index is 0.747. The lowest BCUT2D eigenvalue weighted by Crippen LogP contribution is -2.27. The van der Waals surface area contributed by atoms with Crippen molar-refractivity contribution in [2.45, 2.75) is 32.2 Å². The molecule has 0 aliphatic carbocycles. The quantitative estimate of drug-likeness (QED) is 0.831. The molecule has 0 atom stereocenters. The zero-order valence-electron chi connectivity index (χ0n) is 10.8. The summed E-state index contributed by atoms with van der Waals surface area (Å²) in [6.45, 7) is 3.05. The lowest BCUT2D eigenvalue weighted by molar-refractivity contribution is 0.319. The molecule has 0 aromatic carbocycles. The molecule has 0 spiro atoms. The van der Waals surface area contributed by atoms with Crippen molar-refractivity contribution >= 4 is 0 Å². The van der Waals surface area contributed by atoms with E-state index in [4.69, 9.17) is 4.52 Å². The van der Waals surface area contributed by atoms with E-state index >= 15 is 0 Å². The van der Waals surface area contributed by atoms with Gasteiger partial charge in [-0.1, -0.05) is 5.16 Å². The fourth-order valence-corrected chi connectivity index (χ4v) is 2.24. The molecule has 5 nitrogen and oxygen atoms in total. The monoisotopic (exact) mass is 238 g/mol. The van der Waals surface area contributed by atoms with Crippen LogP contribution < -0.4 is 5.32 Å². The maximum Gasteiger partial charge on any atom is 0.226 e. The van der Waals surface area contributed by atoms with Gasteiger partial charge in [-0.15, -0.1) is 0 Å². The Bertz CT molecular complexity index is 331. The van der Waals surface area contributed by atoms with Crippen LogP contribution in [0.5, 0.6) is 0 Å². The predicted molar refractivity (Wildman–Crippen MR) is 65.6 cm³/mol. The van der Waals surface area contributed by atoms with Crippen molar-refractivity contribution in [3.8, 4) is 0 Å². The van der Waals surface area contributed by atoms with E-state index in [1.54, 1.807) is 0 Å². The topological polar surface area (TPSA) is 54.2 Å². The van der Waals surface area contributed by atoms with E-state index in [0.717, 1.165) is 43.7 Å². The van der Waals surface area contributed by atoms with Crippen LogP contribution in [0.15, 0.2) is 4.52 Å². The molecule has 1 saturated heterocycles. The third-order valence-electron chi connectivity index (χ3n) is 3.19. The first-order valence-corrected chi connectivity index (χ1v) is 6.41. The van der Waals surface area contributed by atoms with Gasteiger partial charge in [0.1, 0.15) is 0 Å². The van der Waals surface area contributed by atoms with E-state index in [9.17, 15) is 0 Å². The highest BCUT2D eigenvalue weighted by Crippen LogP contribution is 2.18. The van der Waals surface area contributed by atoms with Crippen LogP contribution in [-0.2, 0) is 13.0 Å². The largest absolute Gasteiger partial charge is 0.339 e. The SMILES string of the molecule is CN(C)Cc1noc(CCC2CCNCC2)n1. The number of rotatable bonds is 5. The van der Waals surface area contributed by atoms with Crippen LogP contribution in [0.3, 0.4) is 0 Å². The Balaban J connectivity index is 1.76. The number of nitrogens with one attached hydrogen (secondary N) is 1. The number of aromatic nitrogens is 2. The summed E-state index contributed by atoms with van der Waals surface area (Å²) in [6.07, 6.45) is 4.65. The van der Waals surface area contributed by atoms with Crippen molar-refractivity contribution in [3.63, 3.8) is 0 Å². The number of hydrogen-bond donors (Lipinski definition) is 1. The highest BCUT2D eigenvalue weighted by atomic mass is 16.5. The van der Waals surface area contributed by atoms with Gasteiger partial charge in [0.25, 0.3) is 0 Å². The van der Waals surface area contributed by atoms with Crippen molar-refractivity contribution in [2.24, 2.45) is 5.92 Å². The molecule has 17 heavy (non-hydrogen) atoms. The number of nitrogens with zero attached hydrogens (tertiary/aromatic N) is 3. The summed E-state index contributed by atoms with van der Waals surface area (Å²) < 4.78 is 5.25. The molecule has 0 amide bonds. The van der Waals surface area contributed by atoms with Gasteiger partial charge in [0.15, 0.2) is 5.82 Å². The van der Waals surface area contributed by atoms with Crippen LogP contribution >= 0.6 is 0 Å². The fourth-order valence-electron chi connectivity index (χ4n) is 2.24. The zero-order chi connectivity index (χ0) is 12.1. The summed E-state index contributed by atoms with van der Waals surface area (Å²) in [5.41, 5.74) is 0. The normalized spacial score (nSPS) is 17.8. The molecule has 2 heterocycles. The first kappa shape index (κ1) is 12.5. The Morgan fingerprint density at radius 1 is 1.35 bits per heavy atom. The first-order chi connectivity index (χ1) is 8.24. The lowest BCUT2D eigenvalue weighted by Gasteiger charge is -2.21. The summed E-state index contributed by atoms with van der Waals surface area (Å²) in [5, 5.41) is 7.36. The van der Waals surface area contributed by atoms with Gasteiger partial charge >= 0.3 is 0 Å². The first-order valence-electron chi connectivity index (χ1n) is 6.41. The van der Waals surface area contributed by atoms with Gasteiger partial charge in [0.2, 0.25) is 5.89 Å². The molecule has 1 N–H and O–H groups in total. The minimum atomic E-state index is 0.747. The van der Waals surface area contributed by atoms with Gasteiger partial charge in [-0.25, -0.2) is 0 Å². The highest BCUT2D eigenvalue weighted by Gasteiger charge is 2.15. The van der Waals surface area contributed by atoms with Crippen LogP contribution in [0.1, 0.15) is 31.0 Å². The van der Waals surface area contributed by atoms with Gasteiger partial charge in [-0.05, 0) is 52.4 Å². The highest BCUT2D eigenvalue weighted by molar-refractivity contribution is 4.86. The number of hydrogen-bond acceptors (Lipinski definition) is 5. The molecule has 0 unspecified atom stereocenters. The van der Waals surface area contributed by atoms with Crippen LogP contribution in [0.2, 0.25) is 0 Å². The molecule has 1 aliphatic heterocycles. The second kappa shape index (κ2) is 6.12. The van der Waals surface area contributed by atoms with E-state index in [2.05, 4.69) is 15.5 Å². The van der Waals surface area contributed by atoms with Crippen LogP contribution in [0, 0.1) is 5.92 Å².